The summed E-state index contributed by atoms with van der Waals surface area (Å²) < 4.78 is 25.7. The third kappa shape index (κ3) is 2.42. The minimum Gasteiger partial charge on any atom is -0.368 e. The molecule has 0 fully saturated rings. The molecule has 1 rings (SSSR count). The molecule has 5 heteroatoms. The summed E-state index contributed by atoms with van der Waals surface area (Å²) in [7, 11) is 0. The first-order valence-corrected chi connectivity index (χ1v) is 4.32. The lowest BCUT2D eigenvalue weighted by molar-refractivity contribution is -0.117. The van der Waals surface area contributed by atoms with Crippen LogP contribution in [0, 0.1) is 11.6 Å². The normalized spacial score (nSPS) is 12.5. The monoisotopic (exact) mass is 219 g/mol. The molecule has 1 atom stereocenters. The Morgan fingerprint density at radius 3 is 2.71 bits per heavy atom. The smallest absolute Gasteiger partial charge is 0.235 e. The van der Waals surface area contributed by atoms with Crippen molar-refractivity contribution in [3.05, 3.63) is 35.4 Å². The number of carbonyl (C=O) groups is 1. The molecule has 1 aromatic rings. The predicted molar refractivity (Wildman–Crippen MR) is 48.9 cm³/mol. The molecule has 0 aliphatic carbocycles. The summed E-state index contributed by atoms with van der Waals surface area (Å²) in [4.78, 5) is 10.6. The average molecular weight is 220 g/mol. The zero-order chi connectivity index (χ0) is 10.7. The molecule has 0 saturated carbocycles. The second-order valence-corrected chi connectivity index (χ2v) is 3.31. The molecule has 1 amide bonds. The summed E-state index contributed by atoms with van der Waals surface area (Å²) in [5.41, 5.74) is 4.93. The van der Waals surface area contributed by atoms with Crippen LogP contribution in [0.15, 0.2) is 18.2 Å². The van der Waals surface area contributed by atoms with E-state index in [1.165, 1.54) is 12.1 Å². The molecule has 1 aromatic carbocycles. The zero-order valence-corrected chi connectivity index (χ0v) is 7.89. The van der Waals surface area contributed by atoms with Crippen LogP contribution in [-0.2, 0) is 11.2 Å². The SMILES string of the molecule is NC(=O)C(Cl)Cc1cccc(F)c1F. The van der Waals surface area contributed by atoms with Gasteiger partial charge in [-0.2, -0.15) is 0 Å². The van der Waals surface area contributed by atoms with E-state index in [-0.39, 0.29) is 12.0 Å². The van der Waals surface area contributed by atoms with Gasteiger partial charge in [-0.05, 0) is 11.6 Å². The van der Waals surface area contributed by atoms with Crippen LogP contribution in [0.4, 0.5) is 8.78 Å². The molecule has 0 bridgehead atoms. The number of nitrogens with two attached hydrogens (primary N) is 1. The summed E-state index contributed by atoms with van der Waals surface area (Å²) in [5, 5.41) is -1.02. The van der Waals surface area contributed by atoms with Gasteiger partial charge >= 0.3 is 0 Å². The fourth-order valence-electron chi connectivity index (χ4n) is 1.000. The number of alkyl halides is 1. The van der Waals surface area contributed by atoms with Gasteiger partial charge in [0.2, 0.25) is 5.91 Å². The molecule has 1 unspecified atom stereocenters. The van der Waals surface area contributed by atoms with Crippen molar-refractivity contribution in [2.75, 3.05) is 0 Å². The molecule has 0 aliphatic heterocycles. The van der Waals surface area contributed by atoms with Gasteiger partial charge in [-0.15, -0.1) is 11.6 Å². The van der Waals surface area contributed by atoms with E-state index >= 15 is 0 Å². The number of carbonyl (C=O) groups excluding carboxylic acids is 1. The third-order valence-electron chi connectivity index (χ3n) is 1.74. The van der Waals surface area contributed by atoms with Crippen molar-refractivity contribution in [2.24, 2.45) is 5.73 Å². The number of primary amides is 1. The molecule has 0 spiro atoms. The molecule has 0 heterocycles. The van der Waals surface area contributed by atoms with Crippen LogP contribution in [0.3, 0.4) is 0 Å². The van der Waals surface area contributed by atoms with Crippen LogP contribution in [0.5, 0.6) is 0 Å². The largest absolute Gasteiger partial charge is 0.368 e. The molecule has 0 saturated heterocycles. The summed E-state index contributed by atoms with van der Waals surface area (Å²) in [5.74, 6) is -2.70. The topological polar surface area (TPSA) is 43.1 Å². The Morgan fingerprint density at radius 2 is 2.14 bits per heavy atom. The van der Waals surface area contributed by atoms with Crippen LogP contribution in [0.2, 0.25) is 0 Å². The number of amides is 1. The third-order valence-corrected chi connectivity index (χ3v) is 2.11. The Bertz CT molecular complexity index is 357. The van der Waals surface area contributed by atoms with Crippen molar-refractivity contribution < 1.29 is 13.6 Å². The Kier molecular flexibility index (Phi) is 3.41. The Hall–Kier alpha value is -1.16. The second kappa shape index (κ2) is 4.37. The lowest BCUT2D eigenvalue weighted by Crippen LogP contribution is -2.25. The quantitative estimate of drug-likeness (QED) is 0.771. The molecule has 76 valence electrons. The molecule has 14 heavy (non-hydrogen) atoms. The van der Waals surface area contributed by atoms with Gasteiger partial charge in [-0.25, -0.2) is 8.78 Å². The lowest BCUT2D eigenvalue weighted by Gasteiger charge is -2.06. The van der Waals surface area contributed by atoms with Crippen LogP contribution in [-0.4, -0.2) is 11.3 Å². The number of halogens is 3. The van der Waals surface area contributed by atoms with Crippen molar-refractivity contribution in [3.63, 3.8) is 0 Å². The first-order chi connectivity index (χ1) is 6.52. The van der Waals surface area contributed by atoms with Crippen LogP contribution in [0.1, 0.15) is 5.56 Å². The van der Waals surface area contributed by atoms with E-state index in [1.54, 1.807) is 0 Å². The van der Waals surface area contributed by atoms with E-state index in [0.717, 1.165) is 6.07 Å². The lowest BCUT2D eigenvalue weighted by atomic mass is 10.1. The van der Waals surface area contributed by atoms with E-state index in [0.29, 0.717) is 0 Å². The summed E-state index contributed by atoms with van der Waals surface area (Å²) >= 11 is 5.51. The van der Waals surface area contributed by atoms with Crippen molar-refractivity contribution in [1.82, 2.24) is 0 Å². The molecular weight excluding hydrogens is 212 g/mol. The maximum absolute atomic E-state index is 13.0. The van der Waals surface area contributed by atoms with Crippen LogP contribution in [0.25, 0.3) is 0 Å². The number of rotatable bonds is 3. The highest BCUT2D eigenvalue weighted by Crippen LogP contribution is 2.15. The van der Waals surface area contributed by atoms with E-state index in [2.05, 4.69) is 0 Å². The number of hydrogen-bond donors (Lipinski definition) is 1. The van der Waals surface area contributed by atoms with Crippen molar-refractivity contribution in [3.8, 4) is 0 Å². The van der Waals surface area contributed by atoms with Crippen molar-refractivity contribution in [1.29, 1.82) is 0 Å². The fraction of sp³-hybridized carbons (Fsp3) is 0.222. The first kappa shape index (κ1) is 10.9. The minimum absolute atomic E-state index is 0.0452. The zero-order valence-electron chi connectivity index (χ0n) is 7.14. The van der Waals surface area contributed by atoms with E-state index in [9.17, 15) is 13.6 Å². The van der Waals surface area contributed by atoms with Gasteiger partial charge < -0.3 is 5.73 Å². The van der Waals surface area contributed by atoms with Gasteiger partial charge in [-0.3, -0.25) is 4.79 Å². The number of benzene rings is 1. The molecule has 0 aromatic heterocycles. The Labute approximate surface area is 84.7 Å². The number of hydrogen-bond acceptors (Lipinski definition) is 1. The van der Waals surface area contributed by atoms with E-state index in [1.807, 2.05) is 0 Å². The van der Waals surface area contributed by atoms with Gasteiger partial charge in [-0.1, -0.05) is 12.1 Å². The van der Waals surface area contributed by atoms with Crippen LogP contribution < -0.4 is 5.73 Å². The maximum Gasteiger partial charge on any atom is 0.235 e. The summed E-state index contributed by atoms with van der Waals surface area (Å²) in [6.07, 6.45) is -0.111. The summed E-state index contributed by atoms with van der Waals surface area (Å²) in [6.45, 7) is 0. The highest BCUT2D eigenvalue weighted by Gasteiger charge is 2.16. The second-order valence-electron chi connectivity index (χ2n) is 2.79. The minimum atomic E-state index is -1.02. The average Bonchev–Trinajstić information content (AvgIpc) is 2.12. The molecule has 2 nitrogen and oxygen atoms in total. The molecule has 2 N–H and O–H groups in total. The van der Waals surface area contributed by atoms with Crippen LogP contribution >= 0.6 is 11.6 Å². The van der Waals surface area contributed by atoms with Crippen molar-refractivity contribution >= 4 is 17.5 Å². The Balaban J connectivity index is 2.87. The van der Waals surface area contributed by atoms with Gasteiger partial charge in [0.25, 0.3) is 0 Å². The van der Waals surface area contributed by atoms with Gasteiger partial charge in [0.1, 0.15) is 5.38 Å². The van der Waals surface area contributed by atoms with Gasteiger partial charge in [0.15, 0.2) is 11.6 Å². The molecular formula is C9H8ClF2NO. The van der Waals surface area contributed by atoms with Crippen molar-refractivity contribution in [2.45, 2.75) is 11.8 Å². The Morgan fingerprint density at radius 1 is 1.50 bits per heavy atom. The highest BCUT2D eigenvalue weighted by molar-refractivity contribution is 6.30. The highest BCUT2D eigenvalue weighted by atomic mass is 35.5. The predicted octanol–water partition coefficient (Wildman–Crippen LogP) is 1.60. The van der Waals surface area contributed by atoms with E-state index in [4.69, 9.17) is 17.3 Å². The van der Waals surface area contributed by atoms with Gasteiger partial charge in [0, 0.05) is 6.42 Å². The van der Waals surface area contributed by atoms with E-state index < -0.39 is 22.9 Å². The molecule has 0 aliphatic rings. The maximum atomic E-state index is 13.0. The first-order valence-electron chi connectivity index (χ1n) is 3.88. The van der Waals surface area contributed by atoms with Gasteiger partial charge in [0.05, 0.1) is 0 Å². The summed E-state index contributed by atoms with van der Waals surface area (Å²) in [6, 6.07) is 3.70. The fourth-order valence-corrected chi connectivity index (χ4v) is 1.17. The standard InChI is InChI=1S/C9H8ClF2NO/c10-6(9(13)14)4-5-2-1-3-7(11)8(5)12/h1-3,6H,4H2,(H2,13,14). The molecule has 0 radical (unpaired) electrons.